The molecule has 1 aromatic carbocycles. The zero-order valence-electron chi connectivity index (χ0n) is 15.8. The molecule has 0 spiro atoms. The van der Waals surface area contributed by atoms with Crippen molar-refractivity contribution in [1.82, 2.24) is 19.9 Å². The van der Waals surface area contributed by atoms with Gasteiger partial charge in [-0.2, -0.15) is 0 Å². The average molecular weight is 379 g/mol. The minimum atomic E-state index is -0.889. The first-order valence-electron chi connectivity index (χ1n) is 9.88. The molecule has 3 aromatic rings. The number of hydrogen-bond donors (Lipinski definition) is 2. The molecule has 0 unspecified atom stereocenters. The lowest BCUT2D eigenvalue weighted by molar-refractivity contribution is -0.0911. The van der Waals surface area contributed by atoms with Crippen LogP contribution in [0.4, 0.5) is 5.82 Å². The molecule has 0 bridgehead atoms. The van der Waals surface area contributed by atoms with Crippen molar-refractivity contribution in [2.45, 2.75) is 18.1 Å². The van der Waals surface area contributed by atoms with Crippen LogP contribution in [0.2, 0.25) is 0 Å². The van der Waals surface area contributed by atoms with Gasteiger partial charge in [0.2, 0.25) is 0 Å². The third-order valence-corrected chi connectivity index (χ3v) is 6.10. The SMILES string of the molecule is O[C@]1(c2ccccc2)CCN(c2ncnc3[nH]ccc23)C[C@H]1N1CCOCC1. The van der Waals surface area contributed by atoms with Gasteiger partial charge in [0.1, 0.15) is 23.4 Å². The van der Waals surface area contributed by atoms with E-state index in [9.17, 15) is 5.11 Å². The van der Waals surface area contributed by atoms with Crippen LogP contribution in [0.3, 0.4) is 0 Å². The molecular formula is C21H25N5O2. The van der Waals surface area contributed by atoms with Gasteiger partial charge in [-0.05, 0) is 18.1 Å². The summed E-state index contributed by atoms with van der Waals surface area (Å²) in [7, 11) is 0. The molecule has 2 aliphatic heterocycles. The van der Waals surface area contributed by atoms with Gasteiger partial charge in [-0.3, -0.25) is 4.90 Å². The molecule has 5 rings (SSSR count). The van der Waals surface area contributed by atoms with Crippen LogP contribution in [-0.4, -0.2) is 70.4 Å². The Hall–Kier alpha value is -2.48. The molecule has 4 heterocycles. The molecule has 0 aliphatic carbocycles. The topological polar surface area (TPSA) is 77.5 Å². The van der Waals surface area contributed by atoms with Gasteiger partial charge >= 0.3 is 0 Å². The Morgan fingerprint density at radius 1 is 1.07 bits per heavy atom. The number of aliphatic hydroxyl groups is 1. The van der Waals surface area contributed by atoms with Crippen LogP contribution in [0.25, 0.3) is 11.0 Å². The summed E-state index contributed by atoms with van der Waals surface area (Å²) < 4.78 is 5.56. The van der Waals surface area contributed by atoms with Crippen molar-refractivity contribution in [2.24, 2.45) is 0 Å². The van der Waals surface area contributed by atoms with Crippen LogP contribution in [0.1, 0.15) is 12.0 Å². The number of ether oxygens (including phenoxy) is 1. The summed E-state index contributed by atoms with van der Waals surface area (Å²) in [5.41, 5.74) is 0.941. The fraction of sp³-hybridized carbons (Fsp3) is 0.429. The average Bonchev–Trinajstić information content (AvgIpc) is 3.24. The Morgan fingerprint density at radius 2 is 1.89 bits per heavy atom. The second-order valence-corrected chi connectivity index (χ2v) is 7.59. The number of benzene rings is 1. The molecular weight excluding hydrogens is 354 g/mol. The molecule has 2 fully saturated rings. The van der Waals surface area contributed by atoms with Crippen molar-refractivity contribution >= 4 is 16.9 Å². The van der Waals surface area contributed by atoms with Crippen LogP contribution in [0.5, 0.6) is 0 Å². The quantitative estimate of drug-likeness (QED) is 0.722. The third-order valence-electron chi connectivity index (χ3n) is 6.10. The first kappa shape index (κ1) is 17.6. The molecule has 2 saturated heterocycles. The van der Waals surface area contributed by atoms with E-state index < -0.39 is 5.60 Å². The highest BCUT2D eigenvalue weighted by Gasteiger charge is 2.46. The number of rotatable bonds is 3. The molecule has 0 saturated carbocycles. The normalized spacial score (nSPS) is 26.6. The number of nitrogens with zero attached hydrogens (tertiary/aromatic N) is 4. The number of aromatic nitrogens is 3. The summed E-state index contributed by atoms with van der Waals surface area (Å²) in [5, 5.41) is 12.9. The van der Waals surface area contributed by atoms with E-state index in [0.717, 1.165) is 42.0 Å². The predicted molar refractivity (Wildman–Crippen MR) is 107 cm³/mol. The van der Waals surface area contributed by atoms with Crippen molar-refractivity contribution < 1.29 is 9.84 Å². The monoisotopic (exact) mass is 379 g/mol. The summed E-state index contributed by atoms with van der Waals surface area (Å²) in [4.78, 5) is 16.7. The maximum atomic E-state index is 11.8. The van der Waals surface area contributed by atoms with Crippen LogP contribution < -0.4 is 4.90 Å². The van der Waals surface area contributed by atoms with Crippen LogP contribution in [0.15, 0.2) is 48.9 Å². The molecule has 0 radical (unpaired) electrons. The molecule has 146 valence electrons. The van der Waals surface area contributed by atoms with Gasteiger partial charge in [0.25, 0.3) is 0 Å². The lowest BCUT2D eigenvalue weighted by Crippen LogP contribution is -2.62. The largest absolute Gasteiger partial charge is 0.383 e. The molecule has 7 heteroatoms. The summed E-state index contributed by atoms with van der Waals surface area (Å²) >= 11 is 0. The second kappa shape index (κ2) is 7.16. The zero-order valence-corrected chi connectivity index (χ0v) is 15.8. The number of nitrogens with one attached hydrogen (secondary N) is 1. The Bertz CT molecular complexity index is 940. The Kier molecular flexibility index (Phi) is 4.50. The van der Waals surface area contributed by atoms with E-state index in [1.54, 1.807) is 6.33 Å². The maximum absolute atomic E-state index is 11.8. The molecule has 2 N–H and O–H groups in total. The number of H-pyrrole nitrogens is 1. The standard InChI is InChI=1S/C21H25N5O2/c27-21(16-4-2-1-3-5-16)7-9-26(14-18(21)25-10-12-28-13-11-25)20-17-6-8-22-19(17)23-15-24-20/h1-6,8,15,18,27H,7,9-14H2,(H,22,23,24)/t18-,21+/m1/s1. The fourth-order valence-corrected chi connectivity index (χ4v) is 4.60. The van der Waals surface area contributed by atoms with Crippen molar-refractivity contribution in [3.05, 3.63) is 54.5 Å². The number of hydrogen-bond acceptors (Lipinski definition) is 6. The van der Waals surface area contributed by atoms with Gasteiger partial charge < -0.3 is 19.7 Å². The highest BCUT2D eigenvalue weighted by molar-refractivity contribution is 5.87. The first-order chi connectivity index (χ1) is 13.8. The van der Waals surface area contributed by atoms with Gasteiger partial charge in [-0.15, -0.1) is 0 Å². The van der Waals surface area contributed by atoms with Crippen molar-refractivity contribution in [3.8, 4) is 0 Å². The van der Waals surface area contributed by atoms with Crippen molar-refractivity contribution in [1.29, 1.82) is 0 Å². The molecule has 2 atom stereocenters. The molecule has 2 aliphatic rings. The maximum Gasteiger partial charge on any atom is 0.142 e. The van der Waals surface area contributed by atoms with Crippen LogP contribution in [-0.2, 0) is 10.3 Å². The molecule has 0 amide bonds. The van der Waals surface area contributed by atoms with Gasteiger partial charge in [-0.1, -0.05) is 30.3 Å². The molecule has 7 nitrogen and oxygen atoms in total. The summed E-state index contributed by atoms with van der Waals surface area (Å²) in [6.45, 7) is 4.52. The van der Waals surface area contributed by atoms with E-state index in [1.165, 1.54) is 0 Å². The number of morpholine rings is 1. The predicted octanol–water partition coefficient (Wildman–Crippen LogP) is 1.76. The lowest BCUT2D eigenvalue weighted by Gasteiger charge is -2.50. The van der Waals surface area contributed by atoms with E-state index in [-0.39, 0.29) is 6.04 Å². The molecule has 28 heavy (non-hydrogen) atoms. The van der Waals surface area contributed by atoms with Crippen LogP contribution >= 0.6 is 0 Å². The highest BCUT2D eigenvalue weighted by atomic mass is 16.5. The Morgan fingerprint density at radius 3 is 2.71 bits per heavy atom. The smallest absolute Gasteiger partial charge is 0.142 e. The minimum absolute atomic E-state index is 0.0310. The zero-order chi connectivity index (χ0) is 19.0. The van der Waals surface area contributed by atoms with E-state index in [2.05, 4.69) is 24.8 Å². The fourth-order valence-electron chi connectivity index (χ4n) is 4.60. The second-order valence-electron chi connectivity index (χ2n) is 7.59. The summed E-state index contributed by atoms with van der Waals surface area (Å²) in [6, 6.07) is 12.1. The number of anilines is 1. The third kappa shape index (κ3) is 2.96. The van der Waals surface area contributed by atoms with Gasteiger partial charge in [0.15, 0.2) is 0 Å². The van der Waals surface area contributed by atoms with Crippen LogP contribution in [0, 0.1) is 0 Å². The summed E-state index contributed by atoms with van der Waals surface area (Å²) in [6.07, 6.45) is 4.15. The Balaban J connectivity index is 1.51. The molecule has 2 aromatic heterocycles. The number of piperidine rings is 1. The minimum Gasteiger partial charge on any atom is -0.383 e. The van der Waals surface area contributed by atoms with Gasteiger partial charge in [0.05, 0.1) is 24.6 Å². The Labute approximate surface area is 164 Å². The van der Waals surface area contributed by atoms with Crippen molar-refractivity contribution in [2.75, 3.05) is 44.3 Å². The lowest BCUT2D eigenvalue weighted by atomic mass is 9.79. The van der Waals surface area contributed by atoms with Crippen molar-refractivity contribution in [3.63, 3.8) is 0 Å². The van der Waals surface area contributed by atoms with Gasteiger partial charge in [0, 0.05) is 32.4 Å². The van der Waals surface area contributed by atoms with E-state index in [0.29, 0.717) is 26.2 Å². The first-order valence-corrected chi connectivity index (χ1v) is 9.88. The number of fused-ring (bicyclic) bond motifs is 1. The highest BCUT2D eigenvalue weighted by Crippen LogP contribution is 2.38. The summed E-state index contributed by atoms with van der Waals surface area (Å²) in [5.74, 6) is 0.930. The van der Waals surface area contributed by atoms with E-state index >= 15 is 0 Å². The van der Waals surface area contributed by atoms with E-state index in [4.69, 9.17) is 4.74 Å². The van der Waals surface area contributed by atoms with Gasteiger partial charge in [-0.25, -0.2) is 9.97 Å². The van der Waals surface area contributed by atoms with E-state index in [1.807, 2.05) is 42.6 Å². The number of aromatic amines is 1.